The lowest BCUT2D eigenvalue weighted by Crippen LogP contribution is -1.98. The third-order valence-electron chi connectivity index (χ3n) is 3.27. The van der Waals surface area contributed by atoms with Crippen molar-refractivity contribution >= 4 is 0 Å². The summed E-state index contributed by atoms with van der Waals surface area (Å²) >= 11 is 0. The maximum absolute atomic E-state index is 13.9. The molecule has 0 aromatic heterocycles. The van der Waals surface area contributed by atoms with Crippen LogP contribution in [0.5, 0.6) is 5.75 Å². The number of hydrogen-bond acceptors (Lipinski definition) is 1. The van der Waals surface area contributed by atoms with Gasteiger partial charge in [0.1, 0.15) is 0 Å². The summed E-state index contributed by atoms with van der Waals surface area (Å²) < 4.78 is 32.7. The van der Waals surface area contributed by atoms with Crippen molar-refractivity contribution in [2.24, 2.45) is 0 Å². The van der Waals surface area contributed by atoms with Crippen LogP contribution in [0.15, 0.2) is 36.4 Å². The fraction of sp³-hybridized carbons (Fsp3) is 0.263. The summed E-state index contributed by atoms with van der Waals surface area (Å²) in [4.78, 5) is 0. The maximum atomic E-state index is 13.9. The average Bonchev–Trinajstić information content (AvgIpc) is 2.51. The zero-order chi connectivity index (χ0) is 16.1. The molecule has 0 radical (unpaired) electrons. The molecule has 0 bridgehead atoms. The van der Waals surface area contributed by atoms with Crippen molar-refractivity contribution in [2.75, 3.05) is 6.61 Å². The van der Waals surface area contributed by atoms with Crippen LogP contribution in [0.2, 0.25) is 0 Å². The van der Waals surface area contributed by atoms with E-state index in [9.17, 15) is 8.78 Å². The Hall–Kier alpha value is -2.34. The van der Waals surface area contributed by atoms with E-state index in [0.717, 1.165) is 5.56 Å². The molecular weight excluding hydrogens is 282 g/mol. The molecule has 0 amide bonds. The van der Waals surface area contributed by atoms with Crippen molar-refractivity contribution in [3.8, 4) is 17.6 Å². The fourth-order valence-corrected chi connectivity index (χ4v) is 1.99. The van der Waals surface area contributed by atoms with Crippen LogP contribution >= 0.6 is 0 Å². The Morgan fingerprint density at radius 3 is 2.23 bits per heavy atom. The second-order valence-corrected chi connectivity index (χ2v) is 5.20. The van der Waals surface area contributed by atoms with Gasteiger partial charge in [-0.2, -0.15) is 4.39 Å². The van der Waals surface area contributed by atoms with Crippen LogP contribution in [0.4, 0.5) is 8.78 Å². The highest BCUT2D eigenvalue weighted by Gasteiger charge is 2.12. The maximum Gasteiger partial charge on any atom is 0.201 e. The molecule has 22 heavy (non-hydrogen) atoms. The Morgan fingerprint density at radius 2 is 1.64 bits per heavy atom. The van der Waals surface area contributed by atoms with Crippen LogP contribution in [0.25, 0.3) is 0 Å². The van der Waals surface area contributed by atoms with Gasteiger partial charge in [0.2, 0.25) is 5.82 Å². The Labute approximate surface area is 129 Å². The zero-order valence-corrected chi connectivity index (χ0v) is 12.9. The second kappa shape index (κ2) is 7.09. The standard InChI is InChI=1S/C19H18F2O/c1-4-22-17-12-11-16(18(20)19(17)21)10-7-14-5-8-15(9-6-14)13(2)3/h5-6,8-9,11-13H,4H2,1-3H3. The molecule has 0 aliphatic carbocycles. The molecule has 0 saturated carbocycles. The average molecular weight is 300 g/mol. The SMILES string of the molecule is CCOc1ccc(C#Cc2ccc(C(C)C)cc2)c(F)c1F. The first-order valence-electron chi connectivity index (χ1n) is 7.25. The van der Waals surface area contributed by atoms with Gasteiger partial charge in [-0.1, -0.05) is 37.8 Å². The minimum absolute atomic E-state index is 0.0221. The van der Waals surface area contributed by atoms with Crippen LogP contribution in [-0.4, -0.2) is 6.61 Å². The van der Waals surface area contributed by atoms with E-state index >= 15 is 0 Å². The highest BCUT2D eigenvalue weighted by atomic mass is 19.2. The minimum atomic E-state index is -0.996. The molecule has 0 N–H and O–H groups in total. The van der Waals surface area contributed by atoms with Crippen LogP contribution in [0.1, 0.15) is 43.4 Å². The minimum Gasteiger partial charge on any atom is -0.491 e. The van der Waals surface area contributed by atoms with Gasteiger partial charge in [0.05, 0.1) is 12.2 Å². The lowest BCUT2D eigenvalue weighted by atomic mass is 10.0. The van der Waals surface area contributed by atoms with E-state index in [1.807, 2.05) is 24.3 Å². The van der Waals surface area contributed by atoms with E-state index in [1.54, 1.807) is 6.92 Å². The molecule has 0 fully saturated rings. The number of hydrogen-bond donors (Lipinski definition) is 0. The predicted octanol–water partition coefficient (Wildman–Crippen LogP) is 4.89. The van der Waals surface area contributed by atoms with Gasteiger partial charge in [-0.25, -0.2) is 4.39 Å². The van der Waals surface area contributed by atoms with Gasteiger partial charge in [0.25, 0.3) is 0 Å². The highest BCUT2D eigenvalue weighted by molar-refractivity contribution is 5.46. The topological polar surface area (TPSA) is 9.23 Å². The van der Waals surface area contributed by atoms with Crippen LogP contribution in [0.3, 0.4) is 0 Å². The van der Waals surface area contributed by atoms with Gasteiger partial charge in [-0.05, 0) is 42.7 Å². The number of ether oxygens (including phenoxy) is 1. The molecule has 114 valence electrons. The number of benzene rings is 2. The van der Waals surface area contributed by atoms with E-state index in [0.29, 0.717) is 5.92 Å². The Kier molecular flexibility index (Phi) is 5.16. The largest absolute Gasteiger partial charge is 0.491 e. The third kappa shape index (κ3) is 3.65. The quantitative estimate of drug-likeness (QED) is 0.734. The van der Waals surface area contributed by atoms with E-state index in [-0.39, 0.29) is 17.9 Å². The summed E-state index contributed by atoms with van der Waals surface area (Å²) in [5, 5.41) is 0. The van der Waals surface area contributed by atoms with Gasteiger partial charge < -0.3 is 4.74 Å². The van der Waals surface area contributed by atoms with Gasteiger partial charge in [-0.3, -0.25) is 0 Å². The first-order valence-corrected chi connectivity index (χ1v) is 7.25. The second-order valence-electron chi connectivity index (χ2n) is 5.20. The number of halogens is 2. The smallest absolute Gasteiger partial charge is 0.201 e. The zero-order valence-electron chi connectivity index (χ0n) is 12.9. The molecule has 3 heteroatoms. The summed E-state index contributed by atoms with van der Waals surface area (Å²) in [5.41, 5.74) is 2.00. The van der Waals surface area contributed by atoms with Crippen molar-refractivity contribution in [3.05, 3.63) is 64.7 Å². The van der Waals surface area contributed by atoms with E-state index in [4.69, 9.17) is 4.74 Å². The van der Waals surface area contributed by atoms with Crippen LogP contribution in [-0.2, 0) is 0 Å². The van der Waals surface area contributed by atoms with Crippen molar-refractivity contribution in [1.29, 1.82) is 0 Å². The normalized spacial score (nSPS) is 10.3. The van der Waals surface area contributed by atoms with E-state index < -0.39 is 11.6 Å². The van der Waals surface area contributed by atoms with Crippen LogP contribution < -0.4 is 4.74 Å². The van der Waals surface area contributed by atoms with Crippen molar-refractivity contribution < 1.29 is 13.5 Å². The van der Waals surface area contributed by atoms with Crippen molar-refractivity contribution in [3.63, 3.8) is 0 Å². The van der Waals surface area contributed by atoms with Gasteiger partial charge in [0, 0.05) is 5.56 Å². The predicted molar refractivity (Wildman–Crippen MR) is 84.0 cm³/mol. The van der Waals surface area contributed by atoms with Gasteiger partial charge in [0.15, 0.2) is 11.6 Å². The van der Waals surface area contributed by atoms with Crippen molar-refractivity contribution in [1.82, 2.24) is 0 Å². The molecule has 2 rings (SSSR count). The molecule has 0 spiro atoms. The summed E-state index contributed by atoms with van der Waals surface area (Å²) in [6.07, 6.45) is 0. The third-order valence-corrected chi connectivity index (χ3v) is 3.27. The van der Waals surface area contributed by atoms with Gasteiger partial charge >= 0.3 is 0 Å². The van der Waals surface area contributed by atoms with E-state index in [2.05, 4.69) is 25.7 Å². The van der Waals surface area contributed by atoms with Crippen LogP contribution in [0, 0.1) is 23.5 Å². The molecule has 2 aromatic carbocycles. The highest BCUT2D eigenvalue weighted by Crippen LogP contribution is 2.22. The summed E-state index contributed by atoms with van der Waals surface area (Å²) in [6.45, 7) is 6.22. The van der Waals surface area contributed by atoms with Gasteiger partial charge in [-0.15, -0.1) is 0 Å². The number of rotatable bonds is 3. The molecular formula is C19H18F2O. The molecule has 0 atom stereocenters. The first-order chi connectivity index (χ1) is 10.5. The lowest BCUT2D eigenvalue weighted by molar-refractivity contribution is 0.314. The Morgan fingerprint density at radius 1 is 0.955 bits per heavy atom. The summed E-state index contributed by atoms with van der Waals surface area (Å²) in [7, 11) is 0. The molecule has 1 nitrogen and oxygen atoms in total. The fourth-order valence-electron chi connectivity index (χ4n) is 1.99. The summed E-state index contributed by atoms with van der Waals surface area (Å²) in [6, 6.07) is 10.6. The first kappa shape index (κ1) is 16.0. The van der Waals surface area contributed by atoms with E-state index in [1.165, 1.54) is 17.7 Å². The Bertz CT molecular complexity index is 707. The monoisotopic (exact) mass is 300 g/mol. The molecule has 0 saturated heterocycles. The molecule has 0 heterocycles. The van der Waals surface area contributed by atoms with Crippen molar-refractivity contribution in [2.45, 2.75) is 26.7 Å². The molecule has 0 aliphatic heterocycles. The Balaban J connectivity index is 2.26. The summed E-state index contributed by atoms with van der Waals surface area (Å²) in [5.74, 6) is 3.90. The molecule has 0 aliphatic rings. The lowest BCUT2D eigenvalue weighted by Gasteiger charge is -2.05. The molecule has 2 aromatic rings. The molecule has 0 unspecified atom stereocenters.